The summed E-state index contributed by atoms with van der Waals surface area (Å²) in [7, 11) is 0. The molecule has 0 saturated carbocycles. The van der Waals surface area contributed by atoms with Gasteiger partial charge in [-0.2, -0.15) is 0 Å². The molecule has 62 valence electrons. The average molecular weight is 160 g/mol. The molecule has 0 radical (unpaired) electrons. The predicted molar refractivity (Wildman–Crippen MR) is 49.4 cm³/mol. The van der Waals surface area contributed by atoms with E-state index in [1.165, 1.54) is 0 Å². The molecule has 1 aromatic rings. The van der Waals surface area contributed by atoms with E-state index in [0.29, 0.717) is 5.69 Å². The maximum absolute atomic E-state index is 5.79. The lowest BCUT2D eigenvalue weighted by Crippen LogP contribution is -2.10. The summed E-state index contributed by atoms with van der Waals surface area (Å²) >= 11 is 0. The van der Waals surface area contributed by atoms with Crippen molar-refractivity contribution in [2.45, 2.75) is 19.4 Å². The first-order valence-electron chi connectivity index (χ1n) is 3.97. The van der Waals surface area contributed by atoms with Crippen molar-refractivity contribution in [2.75, 3.05) is 0 Å². The van der Waals surface area contributed by atoms with E-state index in [4.69, 9.17) is 12.2 Å². The molecule has 1 rings (SSSR count). The van der Waals surface area contributed by atoms with Crippen molar-refractivity contribution in [3.63, 3.8) is 0 Å². The summed E-state index contributed by atoms with van der Waals surface area (Å²) in [5, 5.41) is 0. The summed E-state index contributed by atoms with van der Waals surface area (Å²) in [6, 6.07) is 5.58. The largest absolute Gasteiger partial charge is 0.323 e. The van der Waals surface area contributed by atoms with Gasteiger partial charge in [-0.3, -0.25) is 0 Å². The van der Waals surface area contributed by atoms with Crippen molar-refractivity contribution in [2.24, 2.45) is 5.73 Å². The molecule has 0 aliphatic carbocycles. The van der Waals surface area contributed by atoms with Gasteiger partial charge in [0, 0.05) is 6.04 Å². The van der Waals surface area contributed by atoms with E-state index in [0.717, 1.165) is 12.1 Å². The Morgan fingerprint density at radius 2 is 2.42 bits per heavy atom. The zero-order valence-electron chi connectivity index (χ0n) is 7.12. The zero-order chi connectivity index (χ0) is 8.97. The highest BCUT2D eigenvalue weighted by atomic mass is 14.8. The van der Waals surface area contributed by atoms with Crippen molar-refractivity contribution in [1.82, 2.24) is 4.98 Å². The Balaban J connectivity index is 2.95. The van der Waals surface area contributed by atoms with Crippen molar-refractivity contribution in [1.29, 1.82) is 0 Å². The fraction of sp³-hybridized carbons (Fsp3) is 0.300. The zero-order valence-corrected chi connectivity index (χ0v) is 7.12. The van der Waals surface area contributed by atoms with Crippen LogP contribution < -0.4 is 5.73 Å². The summed E-state index contributed by atoms with van der Waals surface area (Å²) < 4.78 is 0. The minimum atomic E-state index is -0.00157. The SMILES string of the molecule is C#Cc1cccc([C@@H](N)CC)n1. The lowest BCUT2D eigenvalue weighted by molar-refractivity contribution is 0.674. The molecule has 0 amide bonds. The van der Waals surface area contributed by atoms with Crippen molar-refractivity contribution >= 4 is 0 Å². The highest BCUT2D eigenvalue weighted by Gasteiger charge is 2.03. The van der Waals surface area contributed by atoms with E-state index in [2.05, 4.69) is 10.9 Å². The van der Waals surface area contributed by atoms with Gasteiger partial charge in [0.25, 0.3) is 0 Å². The first-order valence-corrected chi connectivity index (χ1v) is 3.97. The normalized spacial score (nSPS) is 12.1. The average Bonchev–Trinajstić information content (AvgIpc) is 2.17. The fourth-order valence-corrected chi connectivity index (χ4v) is 0.948. The van der Waals surface area contributed by atoms with Gasteiger partial charge in [-0.1, -0.05) is 18.9 Å². The lowest BCUT2D eigenvalue weighted by Gasteiger charge is -2.07. The van der Waals surface area contributed by atoms with Crippen LogP contribution in [-0.2, 0) is 0 Å². The molecule has 12 heavy (non-hydrogen) atoms. The highest BCUT2D eigenvalue weighted by Crippen LogP contribution is 2.10. The van der Waals surface area contributed by atoms with E-state index >= 15 is 0 Å². The molecular weight excluding hydrogens is 148 g/mol. The minimum Gasteiger partial charge on any atom is -0.323 e. The van der Waals surface area contributed by atoms with Crippen molar-refractivity contribution in [3.8, 4) is 12.3 Å². The van der Waals surface area contributed by atoms with Gasteiger partial charge in [0.2, 0.25) is 0 Å². The van der Waals surface area contributed by atoms with Crippen LogP contribution in [0.2, 0.25) is 0 Å². The van der Waals surface area contributed by atoms with E-state index in [1.54, 1.807) is 6.07 Å². The molecule has 1 heterocycles. The second kappa shape index (κ2) is 3.89. The van der Waals surface area contributed by atoms with E-state index in [-0.39, 0.29) is 6.04 Å². The van der Waals surface area contributed by atoms with Gasteiger partial charge in [-0.25, -0.2) is 4.98 Å². The molecule has 0 fully saturated rings. The van der Waals surface area contributed by atoms with E-state index in [9.17, 15) is 0 Å². The van der Waals surface area contributed by atoms with Crippen LogP contribution in [0.25, 0.3) is 0 Å². The highest BCUT2D eigenvalue weighted by molar-refractivity contribution is 5.26. The lowest BCUT2D eigenvalue weighted by atomic mass is 10.1. The first-order chi connectivity index (χ1) is 5.77. The molecule has 0 saturated heterocycles. The third-order valence-corrected chi connectivity index (χ3v) is 1.74. The fourth-order valence-electron chi connectivity index (χ4n) is 0.948. The Kier molecular flexibility index (Phi) is 2.84. The van der Waals surface area contributed by atoms with Crippen LogP contribution in [0.15, 0.2) is 18.2 Å². The molecule has 0 bridgehead atoms. The maximum Gasteiger partial charge on any atom is 0.113 e. The quantitative estimate of drug-likeness (QED) is 0.665. The van der Waals surface area contributed by atoms with Crippen LogP contribution in [0.5, 0.6) is 0 Å². The first kappa shape index (κ1) is 8.76. The smallest absolute Gasteiger partial charge is 0.113 e. The molecule has 0 unspecified atom stereocenters. The van der Waals surface area contributed by atoms with Gasteiger partial charge < -0.3 is 5.73 Å². The Morgan fingerprint density at radius 3 is 3.00 bits per heavy atom. The number of rotatable bonds is 2. The Bertz CT molecular complexity index is 299. The second-order valence-electron chi connectivity index (χ2n) is 2.61. The van der Waals surface area contributed by atoms with Crippen LogP contribution in [0.3, 0.4) is 0 Å². The summed E-state index contributed by atoms with van der Waals surface area (Å²) in [5.41, 5.74) is 7.30. The topological polar surface area (TPSA) is 38.9 Å². The standard InChI is InChI=1S/C10H12N2/c1-3-8-6-5-7-10(12-8)9(11)4-2/h1,5-7,9H,4,11H2,2H3/t9-/m0/s1. The number of pyridine rings is 1. The van der Waals surface area contributed by atoms with Gasteiger partial charge in [-0.05, 0) is 18.6 Å². The number of terminal acetylenes is 1. The van der Waals surface area contributed by atoms with Crippen LogP contribution in [0.1, 0.15) is 30.8 Å². The summed E-state index contributed by atoms with van der Waals surface area (Å²) in [6.45, 7) is 2.02. The molecule has 2 heteroatoms. The van der Waals surface area contributed by atoms with Gasteiger partial charge in [-0.15, -0.1) is 6.42 Å². The molecule has 1 aromatic heterocycles. The Hall–Kier alpha value is -1.33. The monoisotopic (exact) mass is 160 g/mol. The number of hydrogen-bond acceptors (Lipinski definition) is 2. The molecular formula is C10H12N2. The minimum absolute atomic E-state index is 0.00157. The second-order valence-corrected chi connectivity index (χ2v) is 2.61. The molecule has 0 aliphatic rings. The molecule has 1 atom stereocenters. The maximum atomic E-state index is 5.79. The van der Waals surface area contributed by atoms with E-state index < -0.39 is 0 Å². The van der Waals surface area contributed by atoms with Crippen LogP contribution in [0, 0.1) is 12.3 Å². The molecule has 0 spiro atoms. The van der Waals surface area contributed by atoms with Gasteiger partial charge >= 0.3 is 0 Å². The van der Waals surface area contributed by atoms with Crippen molar-refractivity contribution in [3.05, 3.63) is 29.6 Å². The third-order valence-electron chi connectivity index (χ3n) is 1.74. The van der Waals surface area contributed by atoms with Gasteiger partial charge in [0.15, 0.2) is 0 Å². The summed E-state index contributed by atoms with van der Waals surface area (Å²) in [6.07, 6.45) is 6.08. The molecule has 2 N–H and O–H groups in total. The van der Waals surface area contributed by atoms with Crippen LogP contribution >= 0.6 is 0 Å². The van der Waals surface area contributed by atoms with Gasteiger partial charge in [0.05, 0.1) is 5.69 Å². The number of nitrogens with two attached hydrogens (primary N) is 1. The number of hydrogen-bond donors (Lipinski definition) is 1. The summed E-state index contributed by atoms with van der Waals surface area (Å²) in [4.78, 5) is 4.20. The van der Waals surface area contributed by atoms with Crippen molar-refractivity contribution < 1.29 is 0 Å². The molecule has 2 nitrogen and oxygen atoms in total. The van der Waals surface area contributed by atoms with E-state index in [1.807, 2.05) is 19.1 Å². The van der Waals surface area contributed by atoms with Gasteiger partial charge in [0.1, 0.15) is 5.69 Å². The molecule has 0 aromatic carbocycles. The number of aromatic nitrogens is 1. The third kappa shape index (κ3) is 1.84. The Morgan fingerprint density at radius 1 is 1.67 bits per heavy atom. The molecule has 0 aliphatic heterocycles. The summed E-state index contributed by atoms with van der Waals surface area (Å²) in [5.74, 6) is 2.48. The van der Waals surface area contributed by atoms with Crippen LogP contribution in [0.4, 0.5) is 0 Å². The Labute approximate surface area is 72.8 Å². The number of nitrogens with zero attached hydrogens (tertiary/aromatic N) is 1. The van der Waals surface area contributed by atoms with Crippen LogP contribution in [-0.4, -0.2) is 4.98 Å². The predicted octanol–water partition coefficient (Wildman–Crippen LogP) is 1.47.